The summed E-state index contributed by atoms with van der Waals surface area (Å²) in [6, 6.07) is 3.28. The van der Waals surface area contributed by atoms with Crippen molar-refractivity contribution in [1.29, 1.82) is 0 Å². The zero-order chi connectivity index (χ0) is 7.56. The minimum absolute atomic E-state index is 0.643. The van der Waals surface area contributed by atoms with E-state index in [2.05, 4.69) is 0 Å². The van der Waals surface area contributed by atoms with Gasteiger partial charge in [-0.3, -0.25) is 0 Å². The van der Waals surface area contributed by atoms with Gasteiger partial charge in [-0.15, -0.1) is 0 Å². The van der Waals surface area contributed by atoms with Gasteiger partial charge in [-0.1, -0.05) is 6.92 Å². The summed E-state index contributed by atoms with van der Waals surface area (Å²) in [4.78, 5) is 0. The van der Waals surface area contributed by atoms with Crippen LogP contribution in [0, 0.1) is 5.21 Å². The summed E-state index contributed by atoms with van der Waals surface area (Å²) >= 11 is 0. The number of nitrogens with two attached hydrogens (primary N) is 1. The van der Waals surface area contributed by atoms with Crippen molar-refractivity contribution in [2.24, 2.45) is 0 Å². The lowest BCUT2D eigenvalue weighted by atomic mass is 10.3. The molecule has 0 aromatic carbocycles. The molecule has 2 N–H and O–H groups in total. The highest BCUT2D eigenvalue weighted by Gasteiger charge is 2.00. The molecule has 0 radical (unpaired) electrons. The van der Waals surface area contributed by atoms with Gasteiger partial charge in [-0.05, 0) is 0 Å². The Kier molecular flexibility index (Phi) is 1.76. The average molecular weight is 138 g/mol. The van der Waals surface area contributed by atoms with Crippen LogP contribution in [0.4, 0.5) is 5.69 Å². The van der Waals surface area contributed by atoms with Crippen molar-refractivity contribution in [1.82, 2.24) is 0 Å². The topological polar surface area (TPSA) is 53.0 Å². The quantitative estimate of drug-likeness (QED) is 0.453. The van der Waals surface area contributed by atoms with Crippen LogP contribution < -0.4 is 10.5 Å². The average Bonchev–Trinajstić information content (AvgIpc) is 1.94. The SMILES string of the molecule is CCc1cc(N)cc[n+]1[O-]. The first-order valence-corrected chi connectivity index (χ1v) is 3.21. The number of anilines is 1. The van der Waals surface area contributed by atoms with Crippen LogP contribution in [0.25, 0.3) is 0 Å². The third-order valence-electron chi connectivity index (χ3n) is 1.38. The van der Waals surface area contributed by atoms with E-state index in [0.717, 1.165) is 4.73 Å². The molecule has 1 aromatic heterocycles. The molecule has 3 heteroatoms. The number of hydrogen-bond acceptors (Lipinski definition) is 2. The third-order valence-corrected chi connectivity index (χ3v) is 1.38. The van der Waals surface area contributed by atoms with E-state index in [1.807, 2.05) is 6.92 Å². The lowest BCUT2D eigenvalue weighted by Gasteiger charge is -2.01. The maximum absolute atomic E-state index is 10.9. The fourth-order valence-corrected chi connectivity index (χ4v) is 0.812. The monoisotopic (exact) mass is 138 g/mol. The van der Waals surface area contributed by atoms with Gasteiger partial charge in [0.25, 0.3) is 0 Å². The number of aryl methyl sites for hydroxylation is 1. The van der Waals surface area contributed by atoms with E-state index in [0.29, 0.717) is 17.8 Å². The smallest absolute Gasteiger partial charge is 0.194 e. The second-order valence-corrected chi connectivity index (χ2v) is 2.13. The number of pyridine rings is 1. The first-order chi connectivity index (χ1) is 4.74. The van der Waals surface area contributed by atoms with E-state index in [1.165, 1.54) is 6.20 Å². The summed E-state index contributed by atoms with van der Waals surface area (Å²) in [7, 11) is 0. The van der Waals surface area contributed by atoms with Gasteiger partial charge in [0, 0.05) is 24.2 Å². The molecule has 1 aromatic rings. The Morgan fingerprint density at radius 1 is 1.70 bits per heavy atom. The molecular formula is C7H10N2O. The molecule has 1 heterocycles. The lowest BCUT2D eigenvalue weighted by molar-refractivity contribution is -0.613. The van der Waals surface area contributed by atoms with Gasteiger partial charge in [0.2, 0.25) is 0 Å². The molecule has 0 saturated heterocycles. The molecule has 0 aliphatic rings. The van der Waals surface area contributed by atoms with Crippen molar-refractivity contribution in [3.05, 3.63) is 29.2 Å². The Labute approximate surface area is 59.7 Å². The molecule has 0 atom stereocenters. The third kappa shape index (κ3) is 1.18. The van der Waals surface area contributed by atoms with Crippen LogP contribution in [0.3, 0.4) is 0 Å². The van der Waals surface area contributed by atoms with E-state index in [9.17, 15) is 5.21 Å². The molecule has 0 unspecified atom stereocenters. The molecule has 0 fully saturated rings. The summed E-state index contributed by atoms with van der Waals surface area (Å²) < 4.78 is 0.830. The van der Waals surface area contributed by atoms with Crippen LogP contribution >= 0.6 is 0 Å². The summed E-state index contributed by atoms with van der Waals surface area (Å²) in [6.07, 6.45) is 2.14. The van der Waals surface area contributed by atoms with Crippen molar-refractivity contribution in [2.75, 3.05) is 5.73 Å². The summed E-state index contributed by atoms with van der Waals surface area (Å²) in [5, 5.41) is 10.9. The van der Waals surface area contributed by atoms with Crippen molar-refractivity contribution in [2.45, 2.75) is 13.3 Å². The van der Waals surface area contributed by atoms with E-state index in [-0.39, 0.29) is 0 Å². The predicted octanol–water partition coefficient (Wildman–Crippen LogP) is 0.465. The fraction of sp³-hybridized carbons (Fsp3) is 0.286. The van der Waals surface area contributed by atoms with Gasteiger partial charge in [0.1, 0.15) is 0 Å². The molecule has 1 rings (SSSR count). The van der Waals surface area contributed by atoms with E-state index >= 15 is 0 Å². The lowest BCUT2D eigenvalue weighted by Crippen LogP contribution is -2.30. The molecular weight excluding hydrogens is 128 g/mol. The van der Waals surface area contributed by atoms with Crippen LogP contribution in [0.5, 0.6) is 0 Å². The number of aromatic nitrogens is 1. The molecule has 0 aliphatic carbocycles. The highest BCUT2D eigenvalue weighted by atomic mass is 16.5. The number of hydrogen-bond donors (Lipinski definition) is 1. The van der Waals surface area contributed by atoms with Crippen LogP contribution in [-0.4, -0.2) is 0 Å². The first kappa shape index (κ1) is 6.86. The Hall–Kier alpha value is -1.25. The summed E-state index contributed by atoms with van der Waals surface area (Å²) in [6.45, 7) is 1.92. The highest BCUT2D eigenvalue weighted by molar-refractivity contribution is 5.35. The summed E-state index contributed by atoms with van der Waals surface area (Å²) in [5.74, 6) is 0. The van der Waals surface area contributed by atoms with Crippen LogP contribution in [0.15, 0.2) is 18.3 Å². The zero-order valence-corrected chi connectivity index (χ0v) is 5.87. The molecule has 0 spiro atoms. The minimum atomic E-state index is 0.643. The minimum Gasteiger partial charge on any atom is -0.618 e. The standard InChI is InChI=1S/C7H10N2O/c1-2-7-5-6(8)3-4-9(7)10/h3-5H,2,8H2,1H3. The van der Waals surface area contributed by atoms with Crippen molar-refractivity contribution >= 4 is 5.69 Å². The van der Waals surface area contributed by atoms with Gasteiger partial charge in [-0.25, -0.2) is 0 Å². The van der Waals surface area contributed by atoms with Crippen LogP contribution in [-0.2, 0) is 6.42 Å². The van der Waals surface area contributed by atoms with Gasteiger partial charge >= 0.3 is 0 Å². The Morgan fingerprint density at radius 3 is 2.90 bits per heavy atom. The van der Waals surface area contributed by atoms with E-state index in [1.54, 1.807) is 12.1 Å². The van der Waals surface area contributed by atoms with Crippen LogP contribution in [0.1, 0.15) is 12.6 Å². The van der Waals surface area contributed by atoms with E-state index < -0.39 is 0 Å². The Bertz CT molecular complexity index is 235. The molecule has 0 aliphatic heterocycles. The molecule has 0 bridgehead atoms. The molecule has 0 saturated carbocycles. The van der Waals surface area contributed by atoms with Gasteiger partial charge in [-0.2, -0.15) is 4.73 Å². The van der Waals surface area contributed by atoms with Crippen molar-refractivity contribution in [3.63, 3.8) is 0 Å². The maximum atomic E-state index is 10.9. The molecule has 0 amide bonds. The molecule has 54 valence electrons. The largest absolute Gasteiger partial charge is 0.618 e. The Balaban J connectivity index is 3.09. The van der Waals surface area contributed by atoms with Crippen molar-refractivity contribution < 1.29 is 4.73 Å². The zero-order valence-electron chi connectivity index (χ0n) is 5.87. The molecule has 10 heavy (non-hydrogen) atoms. The number of rotatable bonds is 1. The first-order valence-electron chi connectivity index (χ1n) is 3.21. The number of nitrogen functional groups attached to an aromatic ring is 1. The highest BCUT2D eigenvalue weighted by Crippen LogP contribution is 2.00. The maximum Gasteiger partial charge on any atom is 0.194 e. The number of nitrogens with zero attached hydrogens (tertiary/aromatic N) is 1. The second-order valence-electron chi connectivity index (χ2n) is 2.13. The van der Waals surface area contributed by atoms with Gasteiger partial charge in [0.15, 0.2) is 11.9 Å². The normalized spacial score (nSPS) is 9.70. The summed E-state index contributed by atoms with van der Waals surface area (Å²) in [5.41, 5.74) is 6.80. The molecule has 3 nitrogen and oxygen atoms in total. The van der Waals surface area contributed by atoms with Crippen LogP contribution in [0.2, 0.25) is 0 Å². The van der Waals surface area contributed by atoms with Gasteiger partial charge in [0.05, 0.1) is 0 Å². The van der Waals surface area contributed by atoms with Gasteiger partial charge < -0.3 is 10.9 Å². The predicted molar refractivity (Wildman–Crippen MR) is 39.2 cm³/mol. The fourth-order valence-electron chi connectivity index (χ4n) is 0.812. The Morgan fingerprint density at radius 2 is 2.40 bits per heavy atom. The van der Waals surface area contributed by atoms with Crippen molar-refractivity contribution in [3.8, 4) is 0 Å². The second kappa shape index (κ2) is 2.56. The van der Waals surface area contributed by atoms with E-state index in [4.69, 9.17) is 5.73 Å².